The molecular weight excluding hydrogens is 439 g/mol. The van der Waals surface area contributed by atoms with Crippen LogP contribution in [0.15, 0.2) is 66.7 Å². The molecule has 5 nitrogen and oxygen atoms in total. The first kappa shape index (κ1) is 21.6. The summed E-state index contributed by atoms with van der Waals surface area (Å²) in [6, 6.07) is 20.4. The van der Waals surface area contributed by atoms with Crippen LogP contribution in [-0.2, 0) is 16.2 Å². The van der Waals surface area contributed by atoms with Crippen molar-refractivity contribution in [3.63, 3.8) is 0 Å². The average Bonchev–Trinajstić information content (AvgIpc) is 3.13. The maximum Gasteiger partial charge on any atom is 0.417 e. The Bertz CT molecular complexity index is 1340. The molecule has 0 radical (unpaired) electrons. The van der Waals surface area contributed by atoms with E-state index in [1.165, 1.54) is 18.2 Å². The third-order valence-corrected chi connectivity index (χ3v) is 5.40. The predicted molar refractivity (Wildman–Crippen MR) is 120 cm³/mol. The van der Waals surface area contributed by atoms with Gasteiger partial charge in [-0.3, -0.25) is 9.62 Å². The van der Waals surface area contributed by atoms with E-state index in [9.17, 15) is 21.6 Å². The standard InChI is InChI=1S/C23H18F3N3O2S/c1-32(30,31)28-20-9-5-3-7-18(20)17-10-11-21-22(14-17)29(15-27-21)13-12-16-6-2-4-8-19(16)23(24,25)26/h2-11,14,27-28H,15H2,1H3. The van der Waals surface area contributed by atoms with E-state index in [1.807, 2.05) is 18.2 Å². The lowest BCUT2D eigenvalue weighted by Gasteiger charge is -2.14. The lowest BCUT2D eigenvalue weighted by molar-refractivity contribution is -0.137. The monoisotopic (exact) mass is 457 g/mol. The zero-order chi connectivity index (χ0) is 22.9. The van der Waals surface area contributed by atoms with Gasteiger partial charge in [-0.1, -0.05) is 36.4 Å². The third kappa shape index (κ3) is 4.65. The molecule has 0 fully saturated rings. The summed E-state index contributed by atoms with van der Waals surface area (Å²) in [5.41, 5.74) is 2.42. The first-order valence-electron chi connectivity index (χ1n) is 9.52. The number of nitrogens with one attached hydrogen (secondary N) is 2. The van der Waals surface area contributed by atoms with Crippen LogP contribution in [0, 0.1) is 12.0 Å². The summed E-state index contributed by atoms with van der Waals surface area (Å²) in [5.74, 6) is 2.63. The number of rotatable bonds is 3. The van der Waals surface area contributed by atoms with Crippen LogP contribution in [0.3, 0.4) is 0 Å². The van der Waals surface area contributed by atoms with Crippen molar-refractivity contribution in [2.24, 2.45) is 0 Å². The summed E-state index contributed by atoms with van der Waals surface area (Å²) < 4.78 is 65.7. The number of hydrogen-bond donors (Lipinski definition) is 2. The molecule has 1 aliphatic heterocycles. The van der Waals surface area contributed by atoms with Crippen molar-refractivity contribution >= 4 is 27.1 Å². The van der Waals surface area contributed by atoms with Gasteiger partial charge in [-0.15, -0.1) is 0 Å². The van der Waals surface area contributed by atoms with E-state index < -0.39 is 21.8 Å². The number of nitrogens with zero attached hydrogens (tertiary/aromatic N) is 1. The number of para-hydroxylation sites is 1. The smallest absolute Gasteiger partial charge is 0.365 e. The SMILES string of the molecule is CS(=O)(=O)Nc1ccccc1-c1ccc2c(c1)N(C#Cc1ccccc1C(F)(F)F)CN2. The van der Waals surface area contributed by atoms with Gasteiger partial charge in [0, 0.05) is 17.2 Å². The van der Waals surface area contributed by atoms with E-state index >= 15 is 0 Å². The van der Waals surface area contributed by atoms with Crippen LogP contribution >= 0.6 is 0 Å². The van der Waals surface area contributed by atoms with Gasteiger partial charge in [0.15, 0.2) is 0 Å². The number of halogens is 3. The molecule has 164 valence electrons. The molecule has 1 aliphatic rings. The Balaban J connectivity index is 1.70. The maximum atomic E-state index is 13.2. The largest absolute Gasteiger partial charge is 0.417 e. The topological polar surface area (TPSA) is 61.4 Å². The molecule has 0 aromatic heterocycles. The molecule has 0 bridgehead atoms. The van der Waals surface area contributed by atoms with Crippen LogP contribution in [0.1, 0.15) is 11.1 Å². The fourth-order valence-electron chi connectivity index (χ4n) is 3.41. The Morgan fingerprint density at radius 1 is 1.03 bits per heavy atom. The fourth-order valence-corrected chi connectivity index (χ4v) is 3.99. The Kier molecular flexibility index (Phi) is 5.48. The van der Waals surface area contributed by atoms with Crippen molar-refractivity contribution in [1.82, 2.24) is 0 Å². The van der Waals surface area contributed by atoms with Gasteiger partial charge in [0.25, 0.3) is 0 Å². The fraction of sp³-hybridized carbons (Fsp3) is 0.130. The van der Waals surface area contributed by atoms with Gasteiger partial charge >= 0.3 is 6.18 Å². The minimum Gasteiger partial charge on any atom is -0.365 e. The van der Waals surface area contributed by atoms with E-state index in [0.717, 1.165) is 23.6 Å². The third-order valence-electron chi connectivity index (χ3n) is 4.81. The van der Waals surface area contributed by atoms with Crippen molar-refractivity contribution < 1.29 is 21.6 Å². The summed E-state index contributed by atoms with van der Waals surface area (Å²) in [4.78, 5) is 1.62. The molecule has 4 rings (SSSR count). The molecule has 2 N–H and O–H groups in total. The maximum absolute atomic E-state index is 13.2. The lowest BCUT2D eigenvalue weighted by Crippen LogP contribution is -2.16. The number of anilines is 3. The molecule has 0 unspecified atom stereocenters. The summed E-state index contributed by atoms with van der Waals surface area (Å²) in [6.45, 7) is 0.309. The Hall–Kier alpha value is -3.64. The molecule has 9 heteroatoms. The van der Waals surface area contributed by atoms with Crippen molar-refractivity contribution in [3.05, 3.63) is 77.9 Å². The Labute approximate surface area is 183 Å². The molecule has 3 aromatic rings. The van der Waals surface area contributed by atoms with Crippen molar-refractivity contribution in [1.29, 1.82) is 0 Å². The highest BCUT2D eigenvalue weighted by Crippen LogP contribution is 2.37. The Morgan fingerprint density at radius 2 is 1.75 bits per heavy atom. The van der Waals surface area contributed by atoms with Gasteiger partial charge in [-0.2, -0.15) is 13.2 Å². The number of sulfonamides is 1. The molecule has 0 aliphatic carbocycles. The van der Waals surface area contributed by atoms with Gasteiger partial charge in [0.2, 0.25) is 10.0 Å². The minimum absolute atomic E-state index is 0.104. The van der Waals surface area contributed by atoms with Gasteiger partial charge in [0.05, 0.1) is 28.9 Å². The molecule has 32 heavy (non-hydrogen) atoms. The van der Waals surface area contributed by atoms with Gasteiger partial charge in [-0.05, 0) is 41.8 Å². The van der Waals surface area contributed by atoms with E-state index in [1.54, 1.807) is 29.2 Å². The molecule has 0 spiro atoms. The normalized spacial score (nSPS) is 13.1. The van der Waals surface area contributed by atoms with E-state index in [4.69, 9.17) is 0 Å². The van der Waals surface area contributed by atoms with Gasteiger partial charge in [0.1, 0.15) is 6.67 Å². The molecule has 0 saturated carbocycles. The molecule has 1 heterocycles. The number of benzene rings is 3. The van der Waals surface area contributed by atoms with Crippen LogP contribution in [0.25, 0.3) is 11.1 Å². The van der Waals surface area contributed by atoms with E-state index in [2.05, 4.69) is 22.0 Å². The first-order chi connectivity index (χ1) is 15.1. The summed E-state index contributed by atoms with van der Waals surface area (Å²) in [5, 5.41) is 3.15. The summed E-state index contributed by atoms with van der Waals surface area (Å²) in [6.07, 6.45) is -3.41. The number of hydrogen-bond acceptors (Lipinski definition) is 4. The van der Waals surface area contributed by atoms with Crippen LogP contribution in [-0.4, -0.2) is 21.3 Å². The second kappa shape index (κ2) is 8.13. The summed E-state index contributed by atoms with van der Waals surface area (Å²) >= 11 is 0. The van der Waals surface area contributed by atoms with E-state index in [0.29, 0.717) is 23.6 Å². The molecule has 0 atom stereocenters. The lowest BCUT2D eigenvalue weighted by atomic mass is 10.0. The van der Waals surface area contributed by atoms with Gasteiger partial charge < -0.3 is 5.32 Å². The second-order valence-corrected chi connectivity index (χ2v) is 8.94. The van der Waals surface area contributed by atoms with Crippen LogP contribution in [0.2, 0.25) is 0 Å². The zero-order valence-corrected chi connectivity index (χ0v) is 17.7. The van der Waals surface area contributed by atoms with Crippen molar-refractivity contribution in [2.45, 2.75) is 6.18 Å². The highest BCUT2D eigenvalue weighted by atomic mass is 32.2. The van der Waals surface area contributed by atoms with Crippen molar-refractivity contribution in [2.75, 3.05) is 27.9 Å². The second-order valence-electron chi connectivity index (χ2n) is 7.19. The molecular formula is C23H18F3N3O2S. The van der Waals surface area contributed by atoms with E-state index in [-0.39, 0.29) is 5.56 Å². The first-order valence-corrected chi connectivity index (χ1v) is 11.4. The molecule has 0 amide bonds. The summed E-state index contributed by atoms with van der Waals surface area (Å²) in [7, 11) is -3.47. The predicted octanol–water partition coefficient (Wildman–Crippen LogP) is 4.94. The molecule has 0 saturated heterocycles. The Morgan fingerprint density at radius 3 is 2.50 bits per heavy atom. The van der Waals surface area contributed by atoms with Crippen LogP contribution in [0.5, 0.6) is 0 Å². The quantitative estimate of drug-likeness (QED) is 0.547. The molecule has 3 aromatic carbocycles. The van der Waals surface area contributed by atoms with Crippen LogP contribution in [0.4, 0.5) is 30.2 Å². The van der Waals surface area contributed by atoms with Crippen molar-refractivity contribution in [3.8, 4) is 23.1 Å². The number of alkyl halides is 3. The number of fused-ring (bicyclic) bond motifs is 1. The van der Waals surface area contributed by atoms with Gasteiger partial charge in [-0.25, -0.2) is 8.42 Å². The minimum atomic E-state index is -4.49. The average molecular weight is 457 g/mol. The van der Waals surface area contributed by atoms with Crippen LogP contribution < -0.4 is 14.9 Å². The highest BCUT2D eigenvalue weighted by molar-refractivity contribution is 7.92. The highest BCUT2D eigenvalue weighted by Gasteiger charge is 2.32. The zero-order valence-electron chi connectivity index (χ0n) is 16.9.